The lowest BCUT2D eigenvalue weighted by atomic mass is 10.1. The van der Waals surface area contributed by atoms with Crippen molar-refractivity contribution in [3.63, 3.8) is 0 Å². The zero-order chi connectivity index (χ0) is 13.4. The highest BCUT2D eigenvalue weighted by Crippen LogP contribution is 2.34. The lowest BCUT2D eigenvalue weighted by Crippen LogP contribution is -2.36. The molecular weight excluding hydrogens is 322 g/mol. The van der Waals surface area contributed by atoms with Crippen molar-refractivity contribution in [3.05, 3.63) is 40.4 Å². The molecule has 0 spiro atoms. The van der Waals surface area contributed by atoms with E-state index in [0.717, 1.165) is 33.3 Å². The minimum absolute atomic E-state index is 0.315. The molecular formula is C14H14BrN3S. The van der Waals surface area contributed by atoms with Crippen LogP contribution in [0.25, 0.3) is 5.70 Å². The van der Waals surface area contributed by atoms with E-state index < -0.39 is 0 Å². The maximum Gasteiger partial charge on any atom is 0.169 e. The van der Waals surface area contributed by atoms with Gasteiger partial charge < -0.3 is 4.90 Å². The molecule has 1 atom stereocenters. The summed E-state index contributed by atoms with van der Waals surface area (Å²) in [6.07, 6.45) is 2.06. The normalized spacial score (nSPS) is 22.3. The van der Waals surface area contributed by atoms with Gasteiger partial charge in [0, 0.05) is 12.1 Å². The second-order valence-corrected chi connectivity index (χ2v) is 6.11. The second kappa shape index (κ2) is 5.13. The summed E-state index contributed by atoms with van der Waals surface area (Å²) in [5, 5.41) is 1.02. The summed E-state index contributed by atoms with van der Waals surface area (Å²) >= 11 is 5.34. The summed E-state index contributed by atoms with van der Waals surface area (Å²) in [5.41, 5.74) is 2.08. The number of halogens is 1. The molecule has 0 N–H and O–H groups in total. The molecule has 5 heteroatoms. The van der Waals surface area contributed by atoms with Crippen molar-refractivity contribution in [2.24, 2.45) is 9.98 Å². The van der Waals surface area contributed by atoms with Crippen LogP contribution in [0.3, 0.4) is 0 Å². The van der Waals surface area contributed by atoms with Crippen LogP contribution >= 0.6 is 27.7 Å². The fourth-order valence-corrected chi connectivity index (χ4v) is 3.47. The van der Waals surface area contributed by atoms with E-state index in [1.54, 1.807) is 11.8 Å². The predicted octanol–water partition coefficient (Wildman–Crippen LogP) is 3.59. The number of benzene rings is 1. The molecule has 0 radical (unpaired) electrons. The van der Waals surface area contributed by atoms with E-state index in [4.69, 9.17) is 9.98 Å². The van der Waals surface area contributed by atoms with E-state index in [0.29, 0.717) is 6.04 Å². The zero-order valence-electron chi connectivity index (χ0n) is 10.8. The minimum Gasteiger partial charge on any atom is -0.303 e. The number of nitrogens with zero attached hydrogens (tertiary/aromatic N) is 3. The first-order valence-corrected chi connectivity index (χ1v) is 8.16. The Kier molecular flexibility index (Phi) is 3.50. The third kappa shape index (κ3) is 2.25. The Bertz CT molecular complexity index is 592. The molecule has 1 aromatic rings. The van der Waals surface area contributed by atoms with Gasteiger partial charge in [-0.2, -0.15) is 0 Å². The van der Waals surface area contributed by atoms with Crippen LogP contribution in [0.4, 0.5) is 0 Å². The van der Waals surface area contributed by atoms with Crippen molar-refractivity contribution < 1.29 is 0 Å². The van der Waals surface area contributed by atoms with E-state index >= 15 is 0 Å². The number of thioether (sulfide) groups is 1. The monoisotopic (exact) mass is 335 g/mol. The molecule has 1 unspecified atom stereocenters. The molecule has 3 nitrogen and oxygen atoms in total. The molecule has 0 amide bonds. The fraction of sp³-hybridized carbons (Fsp3) is 0.286. The number of aliphatic imine (C=N–C) groups is 2. The summed E-state index contributed by atoms with van der Waals surface area (Å²) in [5.74, 6) is 1.01. The molecule has 3 rings (SSSR count). The van der Waals surface area contributed by atoms with E-state index in [-0.39, 0.29) is 0 Å². The van der Waals surface area contributed by atoms with Crippen LogP contribution in [0.1, 0.15) is 12.5 Å². The van der Waals surface area contributed by atoms with Gasteiger partial charge in [-0.25, -0.2) is 4.99 Å². The predicted molar refractivity (Wildman–Crippen MR) is 86.8 cm³/mol. The Morgan fingerprint density at radius 3 is 2.74 bits per heavy atom. The lowest BCUT2D eigenvalue weighted by Gasteiger charge is -2.26. The molecule has 0 saturated heterocycles. The number of amidine groups is 2. The molecule has 0 aromatic heterocycles. The highest BCUT2D eigenvalue weighted by molar-refractivity contribution is 9.12. The van der Waals surface area contributed by atoms with Crippen molar-refractivity contribution in [1.29, 1.82) is 0 Å². The number of fused-ring (bicyclic) bond motifs is 1. The van der Waals surface area contributed by atoms with Gasteiger partial charge in [-0.15, -0.1) is 0 Å². The standard InChI is InChI=1S/C14H14BrN3S/c1-9-8-18-13(16-9)11(15)12(17-14(18)19-2)10-6-4-3-5-7-10/h3-7,9H,8H2,1-2H3. The van der Waals surface area contributed by atoms with Crippen LogP contribution in [-0.4, -0.2) is 34.7 Å². The maximum atomic E-state index is 4.79. The summed E-state index contributed by atoms with van der Waals surface area (Å²) in [4.78, 5) is 11.7. The molecule has 0 bridgehead atoms. The van der Waals surface area contributed by atoms with Gasteiger partial charge in [-0.05, 0) is 29.1 Å². The van der Waals surface area contributed by atoms with Gasteiger partial charge in [0.15, 0.2) is 5.17 Å². The molecule has 2 heterocycles. The Labute approximate surface area is 125 Å². The van der Waals surface area contributed by atoms with E-state index in [2.05, 4.69) is 46.1 Å². The van der Waals surface area contributed by atoms with E-state index in [9.17, 15) is 0 Å². The van der Waals surface area contributed by atoms with Crippen LogP contribution in [0.2, 0.25) is 0 Å². The molecule has 19 heavy (non-hydrogen) atoms. The second-order valence-electron chi connectivity index (χ2n) is 4.54. The average molecular weight is 336 g/mol. The van der Waals surface area contributed by atoms with Crippen molar-refractivity contribution in [2.75, 3.05) is 12.8 Å². The molecule has 0 fully saturated rings. The quantitative estimate of drug-likeness (QED) is 0.784. The van der Waals surface area contributed by atoms with Gasteiger partial charge >= 0.3 is 0 Å². The van der Waals surface area contributed by atoms with Gasteiger partial charge in [0.1, 0.15) is 5.84 Å². The fourth-order valence-electron chi connectivity index (χ4n) is 2.27. The number of rotatable bonds is 1. The van der Waals surface area contributed by atoms with Crippen molar-refractivity contribution in [3.8, 4) is 0 Å². The first-order valence-electron chi connectivity index (χ1n) is 6.14. The molecule has 2 aliphatic rings. The Balaban J connectivity index is 2.13. The van der Waals surface area contributed by atoms with Gasteiger partial charge in [0.05, 0.1) is 16.2 Å². The van der Waals surface area contributed by atoms with Crippen LogP contribution in [0.15, 0.2) is 44.8 Å². The average Bonchev–Trinajstić information content (AvgIpc) is 2.83. The highest BCUT2D eigenvalue weighted by Gasteiger charge is 2.32. The van der Waals surface area contributed by atoms with E-state index in [1.807, 2.05) is 18.2 Å². The smallest absolute Gasteiger partial charge is 0.169 e. The number of hydrogen-bond donors (Lipinski definition) is 0. The molecule has 1 aromatic carbocycles. The molecule has 0 aliphatic carbocycles. The maximum absolute atomic E-state index is 4.79. The number of hydrogen-bond acceptors (Lipinski definition) is 4. The van der Waals surface area contributed by atoms with Crippen LogP contribution in [-0.2, 0) is 0 Å². The van der Waals surface area contributed by atoms with Crippen LogP contribution in [0.5, 0.6) is 0 Å². The van der Waals surface area contributed by atoms with Gasteiger partial charge in [0.25, 0.3) is 0 Å². The SMILES string of the molecule is CSC1=NC(c2ccccc2)=C(Br)C2=NC(C)CN12. The first kappa shape index (κ1) is 12.9. The van der Waals surface area contributed by atoms with Crippen LogP contribution in [0, 0.1) is 0 Å². The first-order chi connectivity index (χ1) is 9.20. The van der Waals surface area contributed by atoms with Crippen LogP contribution < -0.4 is 0 Å². The summed E-state index contributed by atoms with van der Waals surface area (Å²) in [7, 11) is 0. The Morgan fingerprint density at radius 1 is 1.32 bits per heavy atom. The third-order valence-electron chi connectivity index (χ3n) is 3.12. The molecule has 98 valence electrons. The minimum atomic E-state index is 0.315. The largest absolute Gasteiger partial charge is 0.303 e. The van der Waals surface area contributed by atoms with Crippen molar-refractivity contribution in [2.45, 2.75) is 13.0 Å². The molecule has 2 aliphatic heterocycles. The van der Waals surface area contributed by atoms with Crippen molar-refractivity contribution in [1.82, 2.24) is 4.90 Å². The Morgan fingerprint density at radius 2 is 2.05 bits per heavy atom. The van der Waals surface area contributed by atoms with Gasteiger partial charge in [-0.3, -0.25) is 4.99 Å². The summed E-state index contributed by atoms with van der Waals surface area (Å²) in [6.45, 7) is 3.04. The lowest BCUT2D eigenvalue weighted by molar-refractivity contribution is 0.606. The zero-order valence-corrected chi connectivity index (χ0v) is 13.2. The Hall–Kier alpha value is -1.07. The summed E-state index contributed by atoms with van der Waals surface area (Å²) in [6, 6.07) is 10.5. The third-order valence-corrected chi connectivity index (χ3v) is 4.52. The van der Waals surface area contributed by atoms with Crippen molar-refractivity contribution >= 4 is 44.4 Å². The van der Waals surface area contributed by atoms with Gasteiger partial charge in [0.2, 0.25) is 0 Å². The molecule has 0 saturated carbocycles. The van der Waals surface area contributed by atoms with Gasteiger partial charge in [-0.1, -0.05) is 42.1 Å². The summed E-state index contributed by atoms with van der Waals surface area (Å²) < 4.78 is 0.987. The topological polar surface area (TPSA) is 28.0 Å². The highest BCUT2D eigenvalue weighted by atomic mass is 79.9. The van der Waals surface area contributed by atoms with E-state index in [1.165, 1.54) is 0 Å².